The molecule has 4 heterocycles. The molecule has 2 aliphatic heterocycles. The maximum absolute atomic E-state index is 13.3. The van der Waals surface area contributed by atoms with Gasteiger partial charge in [-0.1, -0.05) is 6.07 Å². The fraction of sp³-hybridized carbons (Fsp3) is 0.500. The van der Waals surface area contributed by atoms with Gasteiger partial charge in [0.1, 0.15) is 5.82 Å². The topological polar surface area (TPSA) is 62.1 Å². The molecule has 0 spiro atoms. The van der Waals surface area contributed by atoms with Crippen LogP contribution in [0.2, 0.25) is 0 Å². The summed E-state index contributed by atoms with van der Waals surface area (Å²) in [7, 11) is 0. The maximum atomic E-state index is 13.3. The third kappa shape index (κ3) is 4.12. The van der Waals surface area contributed by atoms with Crippen LogP contribution in [0.25, 0.3) is 16.7 Å². The van der Waals surface area contributed by atoms with Crippen LogP contribution >= 0.6 is 11.8 Å². The van der Waals surface area contributed by atoms with E-state index in [0.29, 0.717) is 29.4 Å². The van der Waals surface area contributed by atoms with Gasteiger partial charge in [-0.15, -0.1) is 0 Å². The molecule has 1 aromatic carbocycles. The zero-order chi connectivity index (χ0) is 22.6. The molecule has 3 aliphatic rings. The molecule has 1 N–H and O–H groups in total. The maximum Gasteiger partial charge on any atom is 0.416 e. The van der Waals surface area contributed by atoms with Gasteiger partial charge in [0.15, 0.2) is 5.65 Å². The third-order valence-corrected chi connectivity index (χ3v) is 7.40. The summed E-state index contributed by atoms with van der Waals surface area (Å²) in [4.78, 5) is 14.2. The Labute approximate surface area is 193 Å². The Balaban J connectivity index is 1.35. The molecule has 0 amide bonds. The van der Waals surface area contributed by atoms with Gasteiger partial charge in [0, 0.05) is 49.8 Å². The Morgan fingerprint density at radius 2 is 1.85 bits per heavy atom. The van der Waals surface area contributed by atoms with Crippen LogP contribution in [0.3, 0.4) is 0 Å². The number of nitrogens with zero attached hydrogens (tertiary/aromatic N) is 6. The largest absolute Gasteiger partial charge is 0.416 e. The lowest BCUT2D eigenvalue weighted by Crippen LogP contribution is -2.61. The summed E-state index contributed by atoms with van der Waals surface area (Å²) < 4.78 is 41.3. The number of fused-ring (bicyclic) bond motifs is 1. The zero-order valence-electron chi connectivity index (χ0n) is 17.9. The number of anilines is 2. The van der Waals surface area contributed by atoms with E-state index < -0.39 is 11.7 Å². The van der Waals surface area contributed by atoms with E-state index in [-0.39, 0.29) is 0 Å². The van der Waals surface area contributed by atoms with Gasteiger partial charge in [0.2, 0.25) is 5.95 Å². The van der Waals surface area contributed by atoms with Crippen molar-refractivity contribution >= 4 is 34.6 Å². The summed E-state index contributed by atoms with van der Waals surface area (Å²) in [6, 6.07) is 6.05. The predicted octanol–water partition coefficient (Wildman–Crippen LogP) is 3.65. The molecular formula is C22H24F3N7S. The van der Waals surface area contributed by atoms with Gasteiger partial charge in [0.25, 0.3) is 0 Å². The molecule has 0 bridgehead atoms. The normalized spacial score (nSPS) is 20.3. The Bertz CT molecular complexity index is 1160. The SMILES string of the molecule is FC(F)(F)c1cccc(-n2ncc3c(N4CC(N5CCSCC5)C4)nc(NC4CC4)nc32)c1. The minimum absolute atomic E-state index is 0.328. The summed E-state index contributed by atoms with van der Waals surface area (Å²) in [6.45, 7) is 4.00. The number of halogens is 3. The van der Waals surface area contributed by atoms with Crippen molar-refractivity contribution in [3.63, 3.8) is 0 Å². The Kier molecular flexibility index (Phi) is 5.13. The highest BCUT2D eigenvalue weighted by atomic mass is 32.2. The van der Waals surface area contributed by atoms with Crippen molar-refractivity contribution in [3.05, 3.63) is 36.0 Å². The molecule has 33 heavy (non-hydrogen) atoms. The van der Waals surface area contributed by atoms with Gasteiger partial charge in [-0.05, 0) is 31.0 Å². The van der Waals surface area contributed by atoms with Crippen LogP contribution < -0.4 is 10.2 Å². The smallest absolute Gasteiger partial charge is 0.353 e. The molecule has 3 aromatic rings. The fourth-order valence-electron chi connectivity index (χ4n) is 4.41. The summed E-state index contributed by atoms with van der Waals surface area (Å²) in [5, 5.41) is 8.51. The lowest BCUT2D eigenvalue weighted by Gasteiger charge is -2.47. The van der Waals surface area contributed by atoms with E-state index in [1.807, 2.05) is 11.8 Å². The number of aromatic nitrogens is 4. The fourth-order valence-corrected chi connectivity index (χ4v) is 5.35. The van der Waals surface area contributed by atoms with Crippen molar-refractivity contribution in [1.29, 1.82) is 0 Å². The molecular weight excluding hydrogens is 451 g/mol. The molecule has 2 saturated heterocycles. The third-order valence-electron chi connectivity index (χ3n) is 6.46. The molecule has 0 radical (unpaired) electrons. The number of rotatable bonds is 5. The molecule has 2 aromatic heterocycles. The minimum Gasteiger partial charge on any atom is -0.353 e. The van der Waals surface area contributed by atoms with Crippen molar-refractivity contribution in [3.8, 4) is 5.69 Å². The summed E-state index contributed by atoms with van der Waals surface area (Å²) in [5.41, 5.74) is 0.133. The van der Waals surface area contributed by atoms with Crippen LogP contribution in [0, 0.1) is 0 Å². The van der Waals surface area contributed by atoms with Gasteiger partial charge >= 0.3 is 6.18 Å². The average molecular weight is 476 g/mol. The van der Waals surface area contributed by atoms with E-state index in [1.165, 1.54) is 22.3 Å². The average Bonchev–Trinajstić information content (AvgIpc) is 3.48. The van der Waals surface area contributed by atoms with Crippen molar-refractivity contribution < 1.29 is 13.2 Å². The van der Waals surface area contributed by atoms with Crippen LogP contribution in [0.4, 0.5) is 24.9 Å². The second kappa shape index (κ2) is 8.05. The molecule has 7 nitrogen and oxygen atoms in total. The molecule has 11 heteroatoms. The van der Waals surface area contributed by atoms with E-state index in [4.69, 9.17) is 4.98 Å². The van der Waals surface area contributed by atoms with Crippen LogP contribution in [0.1, 0.15) is 18.4 Å². The Hall–Kier alpha value is -2.53. The number of hydrogen-bond donors (Lipinski definition) is 1. The van der Waals surface area contributed by atoms with E-state index in [9.17, 15) is 13.2 Å². The summed E-state index contributed by atoms with van der Waals surface area (Å²) in [6.07, 6.45) is -0.612. The van der Waals surface area contributed by atoms with Crippen molar-refractivity contribution in [2.45, 2.75) is 31.1 Å². The van der Waals surface area contributed by atoms with Gasteiger partial charge in [-0.2, -0.15) is 40.0 Å². The number of thioether (sulfide) groups is 1. The van der Waals surface area contributed by atoms with Crippen LogP contribution in [-0.4, -0.2) is 74.4 Å². The second-order valence-electron chi connectivity index (χ2n) is 8.84. The number of hydrogen-bond acceptors (Lipinski definition) is 7. The first kappa shape index (κ1) is 21.0. The number of benzene rings is 1. The van der Waals surface area contributed by atoms with Gasteiger partial charge in [-0.25, -0.2) is 4.68 Å². The predicted molar refractivity (Wildman–Crippen MR) is 123 cm³/mol. The van der Waals surface area contributed by atoms with E-state index >= 15 is 0 Å². The first-order valence-electron chi connectivity index (χ1n) is 11.2. The first-order valence-corrected chi connectivity index (χ1v) is 12.4. The summed E-state index contributed by atoms with van der Waals surface area (Å²) in [5.74, 6) is 3.65. The Morgan fingerprint density at radius 3 is 2.58 bits per heavy atom. The second-order valence-corrected chi connectivity index (χ2v) is 10.1. The van der Waals surface area contributed by atoms with Crippen LogP contribution in [0.15, 0.2) is 30.5 Å². The van der Waals surface area contributed by atoms with Crippen molar-refractivity contribution in [1.82, 2.24) is 24.6 Å². The zero-order valence-corrected chi connectivity index (χ0v) is 18.7. The molecule has 1 saturated carbocycles. The highest BCUT2D eigenvalue weighted by molar-refractivity contribution is 7.99. The lowest BCUT2D eigenvalue weighted by molar-refractivity contribution is -0.137. The van der Waals surface area contributed by atoms with Crippen molar-refractivity contribution in [2.75, 3.05) is 47.9 Å². The lowest BCUT2D eigenvalue weighted by atomic mass is 10.1. The molecule has 0 unspecified atom stereocenters. The van der Waals surface area contributed by atoms with Crippen LogP contribution in [0.5, 0.6) is 0 Å². The van der Waals surface area contributed by atoms with Crippen LogP contribution in [-0.2, 0) is 6.18 Å². The highest BCUT2D eigenvalue weighted by Crippen LogP contribution is 2.34. The molecule has 0 atom stereocenters. The van der Waals surface area contributed by atoms with Gasteiger partial charge in [-0.3, -0.25) is 4.90 Å². The van der Waals surface area contributed by atoms with E-state index in [1.54, 1.807) is 12.3 Å². The van der Waals surface area contributed by atoms with Gasteiger partial charge in [0.05, 0.1) is 22.8 Å². The van der Waals surface area contributed by atoms with Crippen molar-refractivity contribution in [2.24, 2.45) is 0 Å². The monoisotopic (exact) mass is 475 g/mol. The minimum atomic E-state index is -4.42. The highest BCUT2D eigenvalue weighted by Gasteiger charge is 2.35. The van der Waals surface area contributed by atoms with E-state index in [2.05, 4.69) is 25.2 Å². The quantitative estimate of drug-likeness (QED) is 0.605. The molecule has 174 valence electrons. The standard InChI is InChI=1S/C22H24F3N7S/c23-22(24,25)14-2-1-3-16(10-14)32-20-18(11-26-32)19(28-21(29-20)27-15-4-5-15)31-12-17(13-31)30-6-8-33-9-7-30/h1-3,10-11,15,17H,4-9,12-13H2,(H,27,28,29). The van der Waals surface area contributed by atoms with E-state index in [0.717, 1.165) is 62.4 Å². The molecule has 1 aliphatic carbocycles. The first-order chi connectivity index (χ1) is 16.0. The molecule has 3 fully saturated rings. The number of alkyl halides is 3. The van der Waals surface area contributed by atoms with Gasteiger partial charge < -0.3 is 10.2 Å². The molecule has 6 rings (SSSR count). The Morgan fingerprint density at radius 1 is 1.06 bits per heavy atom. The number of nitrogens with one attached hydrogen (secondary N) is 1. The summed E-state index contributed by atoms with van der Waals surface area (Å²) >= 11 is 2.00.